The van der Waals surface area contributed by atoms with E-state index in [-0.39, 0.29) is 23.9 Å². The molecule has 6 nitrogen and oxygen atoms in total. The second kappa shape index (κ2) is 8.26. The number of aryl methyl sites for hydroxylation is 2. The zero-order valence-corrected chi connectivity index (χ0v) is 18.5. The molecule has 2 atom stereocenters. The van der Waals surface area contributed by atoms with E-state index in [1.807, 2.05) is 59.1 Å². The van der Waals surface area contributed by atoms with Crippen molar-refractivity contribution >= 4 is 11.8 Å². The molecule has 5 rings (SSSR count). The molecular formula is C26H28N4O2. The van der Waals surface area contributed by atoms with Gasteiger partial charge in [0, 0.05) is 36.8 Å². The summed E-state index contributed by atoms with van der Waals surface area (Å²) in [5, 5.41) is 7.83. The van der Waals surface area contributed by atoms with Gasteiger partial charge in [0.2, 0.25) is 5.91 Å². The summed E-state index contributed by atoms with van der Waals surface area (Å²) < 4.78 is 1.81. The Hall–Kier alpha value is -3.41. The number of hydrogen-bond acceptors (Lipinski definition) is 3. The van der Waals surface area contributed by atoms with Gasteiger partial charge in [0.25, 0.3) is 5.91 Å². The zero-order valence-electron chi connectivity index (χ0n) is 18.5. The maximum absolute atomic E-state index is 13.9. The number of rotatable bonds is 4. The summed E-state index contributed by atoms with van der Waals surface area (Å²) in [4.78, 5) is 27.9. The molecule has 2 unspecified atom stereocenters. The minimum absolute atomic E-state index is 0.0287. The molecule has 6 heteroatoms. The average molecular weight is 429 g/mol. The van der Waals surface area contributed by atoms with Gasteiger partial charge in [0.05, 0.1) is 11.3 Å². The number of nitrogens with zero attached hydrogens (tertiary/aromatic N) is 3. The normalized spacial score (nSPS) is 20.2. The van der Waals surface area contributed by atoms with Crippen LogP contribution in [0.5, 0.6) is 0 Å². The first-order valence-corrected chi connectivity index (χ1v) is 11.4. The molecule has 2 bridgehead atoms. The molecule has 3 heterocycles. The number of hydrogen-bond donors (Lipinski definition) is 1. The van der Waals surface area contributed by atoms with Gasteiger partial charge in [-0.2, -0.15) is 5.10 Å². The molecule has 164 valence electrons. The number of benzene rings is 2. The standard InChI is InChI=1S/C26H28N4O2/c1-3-18-8-10-19(11-9-18)25-22(16-29(28-25)23-7-5-4-6-17(23)2)26(32)30-20-12-13-21(30)15-27-24(31)14-20/h4-11,16,20-21H,3,12-15H2,1-2H3,(H,27,31). The van der Waals surface area contributed by atoms with Crippen molar-refractivity contribution in [3.8, 4) is 16.9 Å². The van der Waals surface area contributed by atoms with Crippen molar-refractivity contribution in [2.75, 3.05) is 6.54 Å². The predicted octanol–water partition coefficient (Wildman–Crippen LogP) is 3.90. The van der Waals surface area contributed by atoms with Crippen LogP contribution < -0.4 is 5.32 Å². The number of nitrogens with one attached hydrogen (secondary N) is 1. The number of amides is 2. The lowest BCUT2D eigenvalue weighted by Gasteiger charge is -2.27. The van der Waals surface area contributed by atoms with Gasteiger partial charge in [-0.05, 0) is 43.4 Å². The molecule has 0 spiro atoms. The van der Waals surface area contributed by atoms with Crippen LogP contribution in [-0.2, 0) is 11.2 Å². The van der Waals surface area contributed by atoms with Gasteiger partial charge in [-0.15, -0.1) is 0 Å². The largest absolute Gasteiger partial charge is 0.354 e. The first-order chi connectivity index (χ1) is 15.5. The Bertz CT molecular complexity index is 1160. The molecule has 2 saturated heterocycles. The summed E-state index contributed by atoms with van der Waals surface area (Å²) >= 11 is 0. The Morgan fingerprint density at radius 2 is 1.84 bits per heavy atom. The van der Waals surface area contributed by atoms with E-state index in [0.717, 1.165) is 36.1 Å². The minimum atomic E-state index is -0.0490. The Labute approximate surface area is 188 Å². The molecule has 1 aromatic heterocycles. The van der Waals surface area contributed by atoms with Crippen LogP contribution in [0.15, 0.2) is 54.7 Å². The van der Waals surface area contributed by atoms with E-state index in [1.165, 1.54) is 5.56 Å². The van der Waals surface area contributed by atoms with Gasteiger partial charge in [0.1, 0.15) is 5.69 Å². The van der Waals surface area contributed by atoms with Crippen LogP contribution in [0.2, 0.25) is 0 Å². The molecular weight excluding hydrogens is 400 g/mol. The number of carbonyl (C=O) groups excluding carboxylic acids is 2. The van der Waals surface area contributed by atoms with E-state index in [1.54, 1.807) is 0 Å². The smallest absolute Gasteiger partial charge is 0.258 e. The van der Waals surface area contributed by atoms with Gasteiger partial charge >= 0.3 is 0 Å². The van der Waals surface area contributed by atoms with E-state index >= 15 is 0 Å². The monoisotopic (exact) mass is 428 g/mol. The van der Waals surface area contributed by atoms with Crippen molar-refractivity contribution in [2.45, 2.75) is 51.6 Å². The molecule has 2 fully saturated rings. The van der Waals surface area contributed by atoms with E-state index in [9.17, 15) is 9.59 Å². The van der Waals surface area contributed by atoms with Crippen LogP contribution in [0.1, 0.15) is 47.7 Å². The summed E-state index contributed by atoms with van der Waals surface area (Å²) in [5.74, 6) is -0.00983. The van der Waals surface area contributed by atoms with E-state index in [0.29, 0.717) is 24.2 Å². The number of fused-ring (bicyclic) bond motifs is 2. The van der Waals surface area contributed by atoms with Gasteiger partial charge in [0.15, 0.2) is 0 Å². The molecule has 2 aliphatic heterocycles. The molecule has 0 radical (unpaired) electrons. The second-order valence-electron chi connectivity index (χ2n) is 8.78. The molecule has 2 amide bonds. The quantitative estimate of drug-likeness (QED) is 0.685. The average Bonchev–Trinajstić information content (AvgIpc) is 3.37. The summed E-state index contributed by atoms with van der Waals surface area (Å²) in [5.41, 5.74) is 5.48. The van der Waals surface area contributed by atoms with Crippen molar-refractivity contribution in [1.29, 1.82) is 0 Å². The van der Waals surface area contributed by atoms with Crippen LogP contribution in [0.4, 0.5) is 0 Å². The van der Waals surface area contributed by atoms with Crippen molar-refractivity contribution in [2.24, 2.45) is 0 Å². The molecule has 2 aromatic carbocycles. The summed E-state index contributed by atoms with van der Waals surface area (Å²) in [6, 6.07) is 16.3. The Balaban J connectivity index is 1.60. The highest BCUT2D eigenvalue weighted by Crippen LogP contribution is 2.33. The van der Waals surface area contributed by atoms with Gasteiger partial charge in [-0.3, -0.25) is 9.59 Å². The maximum atomic E-state index is 13.9. The van der Waals surface area contributed by atoms with Crippen LogP contribution in [0.3, 0.4) is 0 Å². The maximum Gasteiger partial charge on any atom is 0.258 e. The van der Waals surface area contributed by atoms with E-state index < -0.39 is 0 Å². The van der Waals surface area contributed by atoms with E-state index in [4.69, 9.17) is 5.10 Å². The zero-order chi connectivity index (χ0) is 22.2. The van der Waals surface area contributed by atoms with Crippen LogP contribution in [0, 0.1) is 6.92 Å². The molecule has 2 aliphatic rings. The number of carbonyl (C=O) groups is 2. The van der Waals surface area contributed by atoms with Crippen LogP contribution in [0.25, 0.3) is 16.9 Å². The first kappa shape index (κ1) is 20.5. The highest BCUT2D eigenvalue weighted by Gasteiger charge is 2.41. The SMILES string of the molecule is CCc1ccc(-c2nn(-c3ccccc3C)cc2C(=O)N2C3CCC2CC(=O)NC3)cc1. The molecule has 0 aliphatic carbocycles. The Kier molecular flexibility index (Phi) is 5.29. The van der Waals surface area contributed by atoms with Gasteiger partial charge < -0.3 is 10.2 Å². The topological polar surface area (TPSA) is 67.2 Å². The first-order valence-electron chi connectivity index (χ1n) is 11.4. The second-order valence-corrected chi connectivity index (χ2v) is 8.78. The number of aromatic nitrogens is 2. The molecule has 0 saturated carbocycles. The third kappa shape index (κ3) is 3.60. The predicted molar refractivity (Wildman–Crippen MR) is 124 cm³/mol. The van der Waals surface area contributed by atoms with E-state index in [2.05, 4.69) is 24.4 Å². The third-order valence-electron chi connectivity index (χ3n) is 6.75. The lowest BCUT2D eigenvalue weighted by atomic mass is 10.0. The van der Waals surface area contributed by atoms with Crippen molar-refractivity contribution in [1.82, 2.24) is 20.0 Å². The number of para-hydroxylation sites is 1. The molecule has 3 aromatic rings. The highest BCUT2D eigenvalue weighted by atomic mass is 16.2. The van der Waals surface area contributed by atoms with Crippen molar-refractivity contribution in [3.63, 3.8) is 0 Å². The van der Waals surface area contributed by atoms with Gasteiger partial charge in [-0.25, -0.2) is 4.68 Å². The van der Waals surface area contributed by atoms with Crippen LogP contribution in [-0.4, -0.2) is 45.1 Å². The summed E-state index contributed by atoms with van der Waals surface area (Å²) in [7, 11) is 0. The Morgan fingerprint density at radius 3 is 2.59 bits per heavy atom. The van der Waals surface area contributed by atoms with Crippen LogP contribution >= 0.6 is 0 Å². The summed E-state index contributed by atoms with van der Waals surface area (Å²) in [6.45, 7) is 4.69. The summed E-state index contributed by atoms with van der Waals surface area (Å²) in [6.07, 6.45) is 4.98. The fourth-order valence-corrected chi connectivity index (χ4v) is 4.94. The minimum Gasteiger partial charge on any atom is -0.354 e. The van der Waals surface area contributed by atoms with Crippen molar-refractivity contribution < 1.29 is 9.59 Å². The lowest BCUT2D eigenvalue weighted by Crippen LogP contribution is -2.42. The fourth-order valence-electron chi connectivity index (χ4n) is 4.94. The lowest BCUT2D eigenvalue weighted by molar-refractivity contribution is -0.121. The fraction of sp³-hybridized carbons (Fsp3) is 0.346. The molecule has 32 heavy (non-hydrogen) atoms. The van der Waals surface area contributed by atoms with Crippen molar-refractivity contribution in [3.05, 3.63) is 71.4 Å². The molecule has 1 N–H and O–H groups in total. The van der Waals surface area contributed by atoms with Gasteiger partial charge in [-0.1, -0.05) is 49.4 Å². The third-order valence-corrected chi connectivity index (χ3v) is 6.75. The Morgan fingerprint density at radius 1 is 1.09 bits per heavy atom. The highest BCUT2D eigenvalue weighted by molar-refractivity contribution is 6.01.